The number of nitrogens with zero attached hydrogens (tertiary/aromatic N) is 1. The second kappa shape index (κ2) is 7.26. The number of hydrogen-bond donors (Lipinski definition) is 1. The molecule has 0 radical (unpaired) electrons. The van der Waals surface area contributed by atoms with Crippen LogP contribution in [0.5, 0.6) is 0 Å². The Kier molecular flexibility index (Phi) is 4.88. The van der Waals surface area contributed by atoms with Gasteiger partial charge < -0.3 is 10.2 Å². The van der Waals surface area contributed by atoms with E-state index in [2.05, 4.69) is 34.5 Å². The summed E-state index contributed by atoms with van der Waals surface area (Å²) in [6.07, 6.45) is 9.22. The summed E-state index contributed by atoms with van der Waals surface area (Å²) in [7, 11) is 0. The van der Waals surface area contributed by atoms with Crippen molar-refractivity contribution in [2.45, 2.75) is 57.4 Å². The quantitative estimate of drug-likeness (QED) is 0.901. The number of fused-ring (bicyclic) bond motifs is 1. The molecule has 1 aromatic rings. The maximum Gasteiger partial charge on any atom is 0.222 e. The van der Waals surface area contributed by atoms with Gasteiger partial charge in [-0.3, -0.25) is 4.79 Å². The van der Waals surface area contributed by atoms with Gasteiger partial charge in [-0.25, -0.2) is 0 Å². The number of hydrogen-bond acceptors (Lipinski definition) is 2. The molecule has 1 atom stereocenters. The van der Waals surface area contributed by atoms with E-state index in [0.717, 1.165) is 51.1 Å². The highest BCUT2D eigenvalue weighted by atomic mass is 16.2. The lowest BCUT2D eigenvalue weighted by atomic mass is 9.82. The van der Waals surface area contributed by atoms with Gasteiger partial charge in [-0.1, -0.05) is 24.3 Å². The molecule has 3 heteroatoms. The molecule has 2 fully saturated rings. The maximum absolute atomic E-state index is 12.7. The number of amides is 1. The van der Waals surface area contributed by atoms with Crippen molar-refractivity contribution < 1.29 is 4.79 Å². The van der Waals surface area contributed by atoms with Gasteiger partial charge in [-0.05, 0) is 74.5 Å². The summed E-state index contributed by atoms with van der Waals surface area (Å²) in [6, 6.07) is 9.38. The highest BCUT2D eigenvalue weighted by molar-refractivity contribution is 5.76. The third-order valence-electron chi connectivity index (χ3n) is 6.15. The number of rotatable bonds is 5. The number of carbonyl (C=O) groups excluding carboxylic acids is 1. The van der Waals surface area contributed by atoms with Crippen molar-refractivity contribution in [2.24, 2.45) is 11.8 Å². The van der Waals surface area contributed by atoms with Crippen LogP contribution in [0.1, 0.15) is 49.7 Å². The van der Waals surface area contributed by atoms with Crippen molar-refractivity contribution in [3.8, 4) is 0 Å². The van der Waals surface area contributed by atoms with E-state index in [-0.39, 0.29) is 0 Å². The van der Waals surface area contributed by atoms with Crippen LogP contribution in [0.4, 0.5) is 0 Å². The molecular formula is C21H30N2O. The number of carbonyl (C=O) groups is 1. The van der Waals surface area contributed by atoms with Crippen LogP contribution in [0.3, 0.4) is 0 Å². The van der Waals surface area contributed by atoms with Crippen LogP contribution in [0, 0.1) is 11.8 Å². The predicted octanol–water partition coefficient (Wildman–Crippen LogP) is 3.17. The average Bonchev–Trinajstić information content (AvgIpc) is 3.45. The molecule has 3 aliphatic rings. The molecule has 1 aromatic carbocycles. The minimum Gasteiger partial charge on any atom is -0.343 e. The molecule has 1 saturated heterocycles. The Hall–Kier alpha value is -1.35. The van der Waals surface area contributed by atoms with E-state index in [0.29, 0.717) is 17.9 Å². The minimum atomic E-state index is 0.389. The molecule has 1 heterocycles. The highest BCUT2D eigenvalue weighted by Gasteiger charge is 2.28. The van der Waals surface area contributed by atoms with Crippen LogP contribution in [-0.4, -0.2) is 36.5 Å². The lowest BCUT2D eigenvalue weighted by molar-refractivity contribution is -0.133. The average molecular weight is 326 g/mol. The van der Waals surface area contributed by atoms with Gasteiger partial charge in [0.2, 0.25) is 5.91 Å². The second-order valence-electron chi connectivity index (χ2n) is 8.09. The Morgan fingerprint density at radius 3 is 2.50 bits per heavy atom. The molecule has 3 nitrogen and oxygen atoms in total. The molecular weight excluding hydrogens is 296 g/mol. The van der Waals surface area contributed by atoms with Crippen LogP contribution in [0.15, 0.2) is 24.3 Å². The fourth-order valence-electron chi connectivity index (χ4n) is 4.31. The van der Waals surface area contributed by atoms with E-state index in [9.17, 15) is 4.79 Å². The van der Waals surface area contributed by atoms with E-state index in [1.54, 1.807) is 0 Å². The summed E-state index contributed by atoms with van der Waals surface area (Å²) < 4.78 is 0. The van der Waals surface area contributed by atoms with Crippen LogP contribution >= 0.6 is 0 Å². The maximum atomic E-state index is 12.7. The number of piperidine rings is 1. The van der Waals surface area contributed by atoms with Gasteiger partial charge in [0.05, 0.1) is 0 Å². The van der Waals surface area contributed by atoms with Gasteiger partial charge in [-0.2, -0.15) is 0 Å². The monoisotopic (exact) mass is 326 g/mol. The minimum absolute atomic E-state index is 0.389. The van der Waals surface area contributed by atoms with Gasteiger partial charge in [0, 0.05) is 25.6 Å². The van der Waals surface area contributed by atoms with Crippen molar-refractivity contribution in [1.82, 2.24) is 10.2 Å². The predicted molar refractivity (Wildman–Crippen MR) is 96.9 cm³/mol. The van der Waals surface area contributed by atoms with Gasteiger partial charge in [-0.15, -0.1) is 0 Å². The van der Waals surface area contributed by atoms with Crippen LogP contribution in [0.2, 0.25) is 0 Å². The molecule has 0 spiro atoms. The standard InChI is InChI=1S/C21H30N2O/c24-21(14-17-7-8-18-3-1-2-4-19(18)13-17)23-11-9-20(10-12-23)22-15-16-5-6-16/h1-4,16-17,20,22H,5-15H2. The Morgan fingerprint density at radius 2 is 1.75 bits per heavy atom. The lowest BCUT2D eigenvalue weighted by Gasteiger charge is -2.34. The smallest absolute Gasteiger partial charge is 0.222 e. The summed E-state index contributed by atoms with van der Waals surface area (Å²) in [6.45, 7) is 3.09. The largest absolute Gasteiger partial charge is 0.343 e. The first-order valence-electron chi connectivity index (χ1n) is 9.86. The first kappa shape index (κ1) is 16.1. The molecule has 4 rings (SSSR count). The van der Waals surface area contributed by atoms with E-state index >= 15 is 0 Å². The molecule has 1 saturated carbocycles. The SMILES string of the molecule is O=C(CC1CCc2ccccc2C1)N1CCC(NCC2CC2)CC1. The van der Waals surface area contributed by atoms with E-state index in [4.69, 9.17) is 0 Å². The summed E-state index contributed by atoms with van der Waals surface area (Å²) in [4.78, 5) is 14.8. The van der Waals surface area contributed by atoms with Gasteiger partial charge in [0.15, 0.2) is 0 Å². The third kappa shape index (κ3) is 4.00. The van der Waals surface area contributed by atoms with Crippen LogP contribution < -0.4 is 5.32 Å². The number of benzene rings is 1. The van der Waals surface area contributed by atoms with Gasteiger partial charge in [0.25, 0.3) is 0 Å². The third-order valence-corrected chi connectivity index (χ3v) is 6.15. The molecule has 2 aliphatic carbocycles. The Morgan fingerprint density at radius 1 is 1.00 bits per heavy atom. The molecule has 0 aromatic heterocycles. The summed E-state index contributed by atoms with van der Waals surface area (Å²) in [5, 5.41) is 3.70. The first-order valence-corrected chi connectivity index (χ1v) is 9.86. The lowest BCUT2D eigenvalue weighted by Crippen LogP contribution is -2.45. The Balaban J connectivity index is 1.22. The molecule has 1 unspecified atom stereocenters. The van der Waals surface area contributed by atoms with Gasteiger partial charge in [0.1, 0.15) is 0 Å². The zero-order valence-electron chi connectivity index (χ0n) is 14.7. The fraction of sp³-hybridized carbons (Fsp3) is 0.667. The summed E-state index contributed by atoms with van der Waals surface area (Å²) >= 11 is 0. The highest BCUT2D eigenvalue weighted by Crippen LogP contribution is 2.29. The molecule has 1 amide bonds. The Labute approximate surface area is 145 Å². The number of aryl methyl sites for hydroxylation is 1. The van der Waals surface area contributed by atoms with Crippen molar-refractivity contribution in [3.05, 3.63) is 35.4 Å². The van der Waals surface area contributed by atoms with Gasteiger partial charge >= 0.3 is 0 Å². The normalized spacial score (nSPS) is 24.7. The topological polar surface area (TPSA) is 32.3 Å². The Bertz CT molecular complexity index is 573. The van der Waals surface area contributed by atoms with E-state index in [1.165, 1.54) is 36.9 Å². The van der Waals surface area contributed by atoms with Crippen LogP contribution in [0.25, 0.3) is 0 Å². The van der Waals surface area contributed by atoms with Crippen molar-refractivity contribution in [3.63, 3.8) is 0 Å². The van der Waals surface area contributed by atoms with E-state index in [1.807, 2.05) is 0 Å². The molecule has 24 heavy (non-hydrogen) atoms. The number of nitrogens with one attached hydrogen (secondary N) is 1. The molecule has 0 bridgehead atoms. The molecule has 130 valence electrons. The zero-order chi connectivity index (χ0) is 16.4. The number of likely N-dealkylation sites (tertiary alicyclic amines) is 1. The zero-order valence-corrected chi connectivity index (χ0v) is 14.7. The van der Waals surface area contributed by atoms with E-state index < -0.39 is 0 Å². The fourth-order valence-corrected chi connectivity index (χ4v) is 4.31. The second-order valence-corrected chi connectivity index (χ2v) is 8.09. The molecule has 1 N–H and O–H groups in total. The van der Waals surface area contributed by atoms with Crippen molar-refractivity contribution in [2.75, 3.05) is 19.6 Å². The van der Waals surface area contributed by atoms with Crippen molar-refractivity contribution in [1.29, 1.82) is 0 Å². The van der Waals surface area contributed by atoms with Crippen LogP contribution in [-0.2, 0) is 17.6 Å². The summed E-state index contributed by atoms with van der Waals surface area (Å²) in [5.41, 5.74) is 2.95. The first-order chi connectivity index (χ1) is 11.8. The van der Waals surface area contributed by atoms with Crippen molar-refractivity contribution >= 4 is 5.91 Å². The molecule has 1 aliphatic heterocycles. The summed E-state index contributed by atoms with van der Waals surface area (Å²) in [5.74, 6) is 1.87.